The van der Waals surface area contributed by atoms with Crippen LogP contribution in [0.15, 0.2) is 0 Å². The lowest BCUT2D eigenvalue weighted by Crippen LogP contribution is -2.25. The first-order chi connectivity index (χ1) is 2.41. The van der Waals surface area contributed by atoms with Gasteiger partial charge in [-0.25, -0.2) is 10.7 Å². The smallest absolute Gasteiger partial charge is 0.000815 e. The maximum atomic E-state index is 7.39. The van der Waals surface area contributed by atoms with Gasteiger partial charge in [-0.2, -0.15) is 0 Å². The van der Waals surface area contributed by atoms with Crippen LogP contribution < -0.4 is 11.0 Å². The van der Waals surface area contributed by atoms with Crippen LogP contribution in [0, 0.1) is 0 Å². The van der Waals surface area contributed by atoms with Crippen LogP contribution in [0.1, 0.15) is 0 Å². The Balaban J connectivity index is 2.19. The number of hydrogen-bond donors (Lipinski definition) is 3. The van der Waals surface area contributed by atoms with Gasteiger partial charge in [0.25, 0.3) is 0 Å². The maximum Gasteiger partial charge on any atom is 0.000815 e. The molecular weight excluding hydrogens is 72.0 g/mol. The van der Waals surface area contributed by atoms with E-state index in [4.69, 9.17) is 5.26 Å². The predicted molar refractivity (Wildman–Crippen MR) is 15.9 cm³/mol. The largest absolute Gasteiger partial charge is 0.235 e. The van der Waals surface area contributed by atoms with E-state index in [0.29, 0.717) is 0 Å². The lowest BCUT2D eigenvalue weighted by atomic mass is 11.5. The summed E-state index contributed by atoms with van der Waals surface area (Å²) in [5.74, 6) is 0. The summed E-state index contributed by atoms with van der Waals surface area (Å²) in [6.45, 7) is 0. The lowest BCUT2D eigenvalue weighted by Gasteiger charge is -1.88. The average Bonchev–Trinajstić information content (AvgIpc) is 1.41. The molecule has 0 heterocycles. The standard InChI is InChI=1S/CH6N2O2/c1-2-3-5-4/h2-4H,1H3. The molecule has 0 radical (unpaired) electrons. The summed E-state index contributed by atoms with van der Waals surface area (Å²) in [6, 6.07) is 0. The highest BCUT2D eigenvalue weighted by Crippen LogP contribution is 1.32. The van der Waals surface area contributed by atoms with Crippen molar-refractivity contribution in [3.8, 4) is 0 Å². The van der Waals surface area contributed by atoms with Crippen LogP contribution in [-0.2, 0) is 4.99 Å². The Bertz CT molecular complexity index is 15.1. The highest BCUT2D eigenvalue weighted by molar-refractivity contribution is 3.86. The number of rotatable bonds is 2. The summed E-state index contributed by atoms with van der Waals surface area (Å²) in [6.07, 6.45) is 0. The molecule has 3 N–H and O–H groups in total. The van der Waals surface area contributed by atoms with Gasteiger partial charge in [-0.15, -0.1) is 10.6 Å². The minimum Gasteiger partial charge on any atom is -0.235 e. The molecule has 0 aromatic rings. The number of hydrazine groups is 1. The van der Waals surface area contributed by atoms with Crippen LogP contribution in [0.4, 0.5) is 0 Å². The second kappa shape index (κ2) is 3.84. The van der Waals surface area contributed by atoms with Crippen molar-refractivity contribution in [3.05, 3.63) is 0 Å². The zero-order valence-electron chi connectivity index (χ0n) is 2.86. The van der Waals surface area contributed by atoms with Gasteiger partial charge in [0.15, 0.2) is 0 Å². The predicted octanol–water partition coefficient (Wildman–Crippen LogP) is -0.885. The molecule has 0 aliphatic carbocycles. The molecular formula is CH6N2O2. The Morgan fingerprint density at radius 3 is 2.40 bits per heavy atom. The molecule has 0 amide bonds. The fraction of sp³-hybridized carbons (Fsp3) is 1.00. The molecule has 5 heavy (non-hydrogen) atoms. The minimum atomic E-state index is 1.57. The normalized spacial score (nSPS) is 8.40. The van der Waals surface area contributed by atoms with E-state index in [-0.39, 0.29) is 0 Å². The molecule has 0 saturated heterocycles. The maximum absolute atomic E-state index is 7.39. The number of nitrogens with one attached hydrogen (secondary N) is 2. The van der Waals surface area contributed by atoms with E-state index in [1.54, 1.807) is 7.05 Å². The van der Waals surface area contributed by atoms with Gasteiger partial charge in [-0.3, -0.25) is 0 Å². The van der Waals surface area contributed by atoms with Crippen LogP contribution in [-0.4, -0.2) is 12.3 Å². The fourth-order valence-electron chi connectivity index (χ4n) is 0.0456. The van der Waals surface area contributed by atoms with Crippen molar-refractivity contribution in [2.24, 2.45) is 0 Å². The van der Waals surface area contributed by atoms with Crippen molar-refractivity contribution in [3.63, 3.8) is 0 Å². The molecule has 0 aromatic carbocycles. The molecule has 32 valence electrons. The SMILES string of the molecule is CNNOO. The molecule has 0 aromatic heterocycles. The van der Waals surface area contributed by atoms with E-state index >= 15 is 0 Å². The molecule has 0 bridgehead atoms. The zero-order valence-corrected chi connectivity index (χ0v) is 2.86. The Morgan fingerprint density at radius 1 is 1.80 bits per heavy atom. The minimum absolute atomic E-state index is 1.57. The summed E-state index contributed by atoms with van der Waals surface area (Å²) in [5, 5.41) is 7.39. The molecule has 0 unspecified atom stereocenters. The van der Waals surface area contributed by atoms with Gasteiger partial charge in [0.2, 0.25) is 0 Å². The summed E-state index contributed by atoms with van der Waals surface area (Å²) < 4.78 is 0. The van der Waals surface area contributed by atoms with Crippen molar-refractivity contribution in [2.45, 2.75) is 0 Å². The van der Waals surface area contributed by atoms with E-state index in [0.717, 1.165) is 0 Å². The number of hydrogen-bond acceptors (Lipinski definition) is 4. The van der Waals surface area contributed by atoms with E-state index in [2.05, 4.69) is 10.4 Å². The first-order valence-corrected chi connectivity index (χ1v) is 1.14. The third-order valence-electron chi connectivity index (χ3n) is 0.148. The van der Waals surface area contributed by atoms with Gasteiger partial charge in [0.1, 0.15) is 0 Å². The second-order valence-corrected chi connectivity index (χ2v) is 0.443. The van der Waals surface area contributed by atoms with E-state index in [1.165, 1.54) is 0 Å². The third-order valence-corrected chi connectivity index (χ3v) is 0.148. The molecule has 0 saturated carbocycles. The zero-order chi connectivity index (χ0) is 4.12. The van der Waals surface area contributed by atoms with Crippen LogP contribution in [0.5, 0.6) is 0 Å². The van der Waals surface area contributed by atoms with Gasteiger partial charge >= 0.3 is 0 Å². The van der Waals surface area contributed by atoms with Crippen molar-refractivity contribution in [1.29, 1.82) is 0 Å². The average molecular weight is 78.1 g/mol. The van der Waals surface area contributed by atoms with Gasteiger partial charge in [0, 0.05) is 7.05 Å². The quantitative estimate of drug-likeness (QED) is 0.296. The van der Waals surface area contributed by atoms with Gasteiger partial charge < -0.3 is 0 Å². The molecule has 0 aliphatic rings. The van der Waals surface area contributed by atoms with Gasteiger partial charge in [-0.05, 0) is 0 Å². The van der Waals surface area contributed by atoms with E-state index < -0.39 is 0 Å². The van der Waals surface area contributed by atoms with Gasteiger partial charge in [0.05, 0.1) is 0 Å². The highest BCUT2D eigenvalue weighted by Gasteiger charge is 1.59. The Labute approximate surface area is 29.6 Å². The Morgan fingerprint density at radius 2 is 2.40 bits per heavy atom. The first-order valence-electron chi connectivity index (χ1n) is 1.14. The van der Waals surface area contributed by atoms with Crippen LogP contribution >= 0.6 is 0 Å². The summed E-state index contributed by atoms with van der Waals surface area (Å²) >= 11 is 0. The molecule has 0 aliphatic heterocycles. The van der Waals surface area contributed by atoms with Crippen molar-refractivity contribution in [1.82, 2.24) is 11.0 Å². The lowest BCUT2D eigenvalue weighted by molar-refractivity contribution is -0.301. The van der Waals surface area contributed by atoms with Gasteiger partial charge in [-0.1, -0.05) is 0 Å². The van der Waals surface area contributed by atoms with E-state index in [9.17, 15) is 0 Å². The summed E-state index contributed by atoms with van der Waals surface area (Å²) in [7, 11) is 1.57. The van der Waals surface area contributed by atoms with Crippen molar-refractivity contribution >= 4 is 0 Å². The third kappa shape index (κ3) is 3.84. The summed E-state index contributed by atoms with van der Waals surface area (Å²) in [5.41, 5.74) is 4.21. The highest BCUT2D eigenvalue weighted by atomic mass is 17.2. The van der Waals surface area contributed by atoms with Crippen molar-refractivity contribution < 1.29 is 10.2 Å². The Kier molecular flexibility index (Phi) is 3.72. The fourth-order valence-corrected chi connectivity index (χ4v) is 0.0456. The van der Waals surface area contributed by atoms with Crippen LogP contribution in [0.3, 0.4) is 0 Å². The molecule has 0 atom stereocenters. The van der Waals surface area contributed by atoms with Crippen molar-refractivity contribution in [2.75, 3.05) is 7.05 Å². The molecule has 0 spiro atoms. The molecule has 0 rings (SSSR count). The van der Waals surface area contributed by atoms with Crippen LogP contribution in [0.25, 0.3) is 0 Å². The second-order valence-electron chi connectivity index (χ2n) is 0.443. The first kappa shape index (κ1) is 4.84. The molecule has 4 heteroatoms. The van der Waals surface area contributed by atoms with Crippen LogP contribution in [0.2, 0.25) is 0 Å². The molecule has 0 fully saturated rings. The summed E-state index contributed by atoms with van der Waals surface area (Å²) in [4.78, 5) is 3.33. The monoisotopic (exact) mass is 78.0 g/mol. The Hall–Kier alpha value is -0.160. The molecule has 4 nitrogen and oxygen atoms in total. The topological polar surface area (TPSA) is 53.5 Å². The van der Waals surface area contributed by atoms with E-state index in [1.807, 2.05) is 5.59 Å².